The molecule has 0 amide bonds. The van der Waals surface area contributed by atoms with Crippen LogP contribution in [0.4, 0.5) is 5.82 Å². The molecule has 1 saturated heterocycles. The molecule has 1 aliphatic heterocycles. The highest BCUT2D eigenvalue weighted by Gasteiger charge is 2.16. The van der Waals surface area contributed by atoms with E-state index in [2.05, 4.69) is 15.3 Å². The highest BCUT2D eigenvalue weighted by atomic mass is 35.5. The molecule has 1 N–H and O–H groups in total. The summed E-state index contributed by atoms with van der Waals surface area (Å²) in [5, 5.41) is 3.35. The quantitative estimate of drug-likeness (QED) is 0.655. The van der Waals surface area contributed by atoms with Crippen LogP contribution in [0.15, 0.2) is 0 Å². The normalized spacial score (nSPS) is 18.9. The van der Waals surface area contributed by atoms with E-state index in [1.165, 1.54) is 0 Å². The summed E-state index contributed by atoms with van der Waals surface area (Å²) in [6.07, 6.45) is 2.79. The number of hydrogen-bond acceptors (Lipinski definition) is 5. The van der Waals surface area contributed by atoms with Crippen molar-refractivity contribution in [1.29, 1.82) is 0 Å². The molecule has 0 aliphatic carbocycles. The Bertz CT molecular complexity index is 434. The van der Waals surface area contributed by atoms with Crippen LogP contribution in [0.25, 0.3) is 0 Å². The Morgan fingerprint density at radius 1 is 1.56 bits per heavy atom. The van der Waals surface area contributed by atoms with E-state index in [1.807, 2.05) is 0 Å². The van der Waals surface area contributed by atoms with E-state index in [4.69, 9.17) is 16.3 Å². The van der Waals surface area contributed by atoms with Crippen LogP contribution in [-0.4, -0.2) is 36.0 Å². The molecule has 1 aliphatic rings. The summed E-state index contributed by atoms with van der Waals surface area (Å²) in [5.41, 5.74) is 0.324. The number of aromatic nitrogens is 2. The average Bonchev–Trinajstić information content (AvgIpc) is 2.81. The Morgan fingerprint density at radius 2 is 2.39 bits per heavy atom. The molecule has 0 radical (unpaired) electrons. The number of ether oxygens (including phenoxy) is 1. The number of aldehydes is 1. The molecule has 1 atom stereocenters. The number of rotatable bonds is 5. The molecule has 2 rings (SSSR count). The molecule has 0 saturated carbocycles. The third-order valence-corrected chi connectivity index (χ3v) is 3.29. The van der Waals surface area contributed by atoms with Crippen LogP contribution in [0.2, 0.25) is 5.15 Å². The zero-order valence-corrected chi connectivity index (χ0v) is 11.0. The van der Waals surface area contributed by atoms with Gasteiger partial charge in [-0.3, -0.25) is 4.79 Å². The summed E-state index contributed by atoms with van der Waals surface area (Å²) in [5.74, 6) is 1.66. The van der Waals surface area contributed by atoms with Gasteiger partial charge in [-0.2, -0.15) is 0 Å². The Hall–Kier alpha value is -1.20. The molecule has 1 fully saturated rings. The number of hydrogen-bond donors (Lipinski definition) is 1. The number of anilines is 1. The summed E-state index contributed by atoms with van der Waals surface area (Å²) in [7, 11) is 0. The second-order valence-corrected chi connectivity index (χ2v) is 4.74. The molecule has 2 heterocycles. The van der Waals surface area contributed by atoms with Gasteiger partial charge >= 0.3 is 0 Å². The summed E-state index contributed by atoms with van der Waals surface area (Å²) < 4.78 is 5.31. The standard InChI is InChI=1S/C12H16ClN3O2/c1-8-15-11(13)10(6-17)12(16-8)14-4-2-9-3-5-18-7-9/h6,9H,2-5,7H2,1H3,(H,14,15,16). The van der Waals surface area contributed by atoms with Crippen LogP contribution in [0.5, 0.6) is 0 Å². The van der Waals surface area contributed by atoms with Crippen molar-refractivity contribution in [2.45, 2.75) is 19.8 Å². The van der Waals surface area contributed by atoms with E-state index in [9.17, 15) is 4.79 Å². The zero-order valence-electron chi connectivity index (χ0n) is 10.3. The van der Waals surface area contributed by atoms with Crippen LogP contribution in [0.1, 0.15) is 29.0 Å². The van der Waals surface area contributed by atoms with Crippen LogP contribution < -0.4 is 5.32 Å². The van der Waals surface area contributed by atoms with Gasteiger partial charge in [0.25, 0.3) is 0 Å². The molecule has 1 aromatic rings. The van der Waals surface area contributed by atoms with Gasteiger partial charge in [-0.15, -0.1) is 0 Å². The van der Waals surface area contributed by atoms with Gasteiger partial charge in [0.2, 0.25) is 0 Å². The maximum absolute atomic E-state index is 11.0. The van der Waals surface area contributed by atoms with Crippen molar-refractivity contribution in [3.63, 3.8) is 0 Å². The van der Waals surface area contributed by atoms with Crippen molar-refractivity contribution in [3.05, 3.63) is 16.5 Å². The van der Waals surface area contributed by atoms with Crippen LogP contribution in [0, 0.1) is 12.8 Å². The van der Waals surface area contributed by atoms with E-state index in [0.717, 1.165) is 32.6 Å². The fourth-order valence-corrected chi connectivity index (χ4v) is 2.25. The number of carbonyl (C=O) groups is 1. The molecule has 0 spiro atoms. The lowest BCUT2D eigenvalue weighted by atomic mass is 10.1. The first-order valence-corrected chi connectivity index (χ1v) is 6.39. The third-order valence-electron chi connectivity index (χ3n) is 3.00. The SMILES string of the molecule is Cc1nc(Cl)c(C=O)c(NCCC2CCOC2)n1. The first-order valence-electron chi connectivity index (χ1n) is 6.01. The Morgan fingerprint density at radius 3 is 3.06 bits per heavy atom. The van der Waals surface area contributed by atoms with Crippen molar-refractivity contribution in [2.75, 3.05) is 25.1 Å². The largest absolute Gasteiger partial charge is 0.381 e. The minimum atomic E-state index is 0.198. The predicted octanol–water partition coefficient (Wildman–Crippen LogP) is 2.09. The Labute approximate surface area is 111 Å². The van der Waals surface area contributed by atoms with Crippen LogP contribution in [0.3, 0.4) is 0 Å². The van der Waals surface area contributed by atoms with Gasteiger partial charge in [-0.1, -0.05) is 11.6 Å². The molecular formula is C12H16ClN3O2. The van der Waals surface area contributed by atoms with Crippen LogP contribution >= 0.6 is 11.6 Å². The van der Waals surface area contributed by atoms with Gasteiger partial charge in [-0.05, 0) is 25.7 Å². The fraction of sp³-hybridized carbons (Fsp3) is 0.583. The minimum Gasteiger partial charge on any atom is -0.381 e. The highest BCUT2D eigenvalue weighted by Crippen LogP contribution is 2.20. The molecule has 1 unspecified atom stereocenters. The number of aryl methyl sites for hydroxylation is 1. The topological polar surface area (TPSA) is 64.1 Å². The van der Waals surface area contributed by atoms with Crippen LogP contribution in [-0.2, 0) is 4.74 Å². The summed E-state index contributed by atoms with van der Waals surface area (Å²) >= 11 is 5.90. The molecular weight excluding hydrogens is 254 g/mol. The lowest BCUT2D eigenvalue weighted by Crippen LogP contribution is -2.12. The van der Waals surface area contributed by atoms with Crippen molar-refractivity contribution in [2.24, 2.45) is 5.92 Å². The number of carbonyl (C=O) groups excluding carboxylic acids is 1. The van der Waals surface area contributed by atoms with Gasteiger partial charge in [0.15, 0.2) is 6.29 Å². The van der Waals surface area contributed by atoms with Gasteiger partial charge in [0.05, 0.1) is 5.56 Å². The monoisotopic (exact) mass is 269 g/mol. The number of nitrogens with one attached hydrogen (secondary N) is 1. The third kappa shape index (κ3) is 3.17. The molecule has 5 nitrogen and oxygen atoms in total. The minimum absolute atomic E-state index is 0.198. The van der Waals surface area contributed by atoms with Gasteiger partial charge in [0, 0.05) is 19.8 Å². The summed E-state index contributed by atoms with van der Waals surface area (Å²) in [6, 6.07) is 0. The maximum atomic E-state index is 11.0. The smallest absolute Gasteiger partial charge is 0.156 e. The van der Waals surface area contributed by atoms with Crippen molar-refractivity contribution < 1.29 is 9.53 Å². The molecule has 18 heavy (non-hydrogen) atoms. The van der Waals surface area contributed by atoms with E-state index in [-0.39, 0.29) is 5.15 Å². The number of halogens is 1. The van der Waals surface area contributed by atoms with Gasteiger partial charge in [-0.25, -0.2) is 9.97 Å². The van der Waals surface area contributed by atoms with E-state index >= 15 is 0 Å². The molecule has 0 aromatic carbocycles. The zero-order chi connectivity index (χ0) is 13.0. The average molecular weight is 270 g/mol. The van der Waals surface area contributed by atoms with Crippen molar-refractivity contribution in [1.82, 2.24) is 9.97 Å². The lowest BCUT2D eigenvalue weighted by Gasteiger charge is -2.11. The first kappa shape index (κ1) is 13.2. The second kappa shape index (κ2) is 6.11. The van der Waals surface area contributed by atoms with E-state index in [1.54, 1.807) is 6.92 Å². The second-order valence-electron chi connectivity index (χ2n) is 4.39. The molecule has 6 heteroatoms. The highest BCUT2D eigenvalue weighted by molar-refractivity contribution is 6.32. The van der Waals surface area contributed by atoms with E-state index in [0.29, 0.717) is 29.4 Å². The first-order chi connectivity index (χ1) is 8.70. The summed E-state index contributed by atoms with van der Waals surface area (Å²) in [4.78, 5) is 19.1. The molecule has 0 bridgehead atoms. The maximum Gasteiger partial charge on any atom is 0.156 e. The van der Waals surface area contributed by atoms with E-state index < -0.39 is 0 Å². The van der Waals surface area contributed by atoms with Crippen molar-refractivity contribution >= 4 is 23.7 Å². The molecule has 1 aromatic heterocycles. The number of nitrogens with zero attached hydrogens (tertiary/aromatic N) is 2. The predicted molar refractivity (Wildman–Crippen MR) is 69.2 cm³/mol. The van der Waals surface area contributed by atoms with Gasteiger partial charge < -0.3 is 10.1 Å². The molecule has 98 valence electrons. The lowest BCUT2D eigenvalue weighted by molar-refractivity contribution is 0.112. The Kier molecular flexibility index (Phi) is 4.49. The van der Waals surface area contributed by atoms with Gasteiger partial charge in [0.1, 0.15) is 16.8 Å². The van der Waals surface area contributed by atoms with Crippen molar-refractivity contribution in [3.8, 4) is 0 Å². The Balaban J connectivity index is 1.97. The summed E-state index contributed by atoms with van der Waals surface area (Å²) in [6.45, 7) is 4.17. The fourth-order valence-electron chi connectivity index (χ4n) is 1.99.